The SMILES string of the molecule is CN(C(=O)c1ccc2cc[nH]c2c1)c1ccc(C#N)cc1. The van der Waals surface area contributed by atoms with E-state index < -0.39 is 0 Å². The number of aromatic nitrogens is 1. The number of hydrogen-bond donors (Lipinski definition) is 1. The fourth-order valence-electron chi connectivity index (χ4n) is 2.25. The summed E-state index contributed by atoms with van der Waals surface area (Å²) < 4.78 is 0. The van der Waals surface area contributed by atoms with Crippen molar-refractivity contribution in [3.05, 3.63) is 65.9 Å². The second-order valence-corrected chi connectivity index (χ2v) is 4.80. The number of amides is 1. The summed E-state index contributed by atoms with van der Waals surface area (Å²) in [5, 5.41) is 9.88. The average Bonchev–Trinajstić information content (AvgIpc) is 3.01. The molecule has 0 aliphatic carbocycles. The number of nitrogens with zero attached hydrogens (tertiary/aromatic N) is 2. The third-order valence-electron chi connectivity index (χ3n) is 3.49. The molecule has 102 valence electrons. The van der Waals surface area contributed by atoms with E-state index >= 15 is 0 Å². The van der Waals surface area contributed by atoms with Crippen LogP contribution in [0.15, 0.2) is 54.7 Å². The van der Waals surface area contributed by atoms with Crippen molar-refractivity contribution in [1.29, 1.82) is 5.26 Å². The molecule has 3 aromatic rings. The summed E-state index contributed by atoms with van der Waals surface area (Å²) in [4.78, 5) is 17.2. The maximum Gasteiger partial charge on any atom is 0.258 e. The highest BCUT2D eigenvalue weighted by Crippen LogP contribution is 2.19. The summed E-state index contributed by atoms with van der Waals surface area (Å²) in [6.45, 7) is 0. The molecule has 0 saturated heterocycles. The molecule has 0 radical (unpaired) electrons. The van der Waals surface area contributed by atoms with Crippen LogP contribution in [0, 0.1) is 11.3 Å². The summed E-state index contributed by atoms with van der Waals surface area (Å²) in [5.41, 5.74) is 2.89. The maximum atomic E-state index is 12.5. The number of anilines is 1. The van der Waals surface area contributed by atoms with Crippen molar-refractivity contribution in [2.45, 2.75) is 0 Å². The van der Waals surface area contributed by atoms with Crippen LogP contribution in [0.1, 0.15) is 15.9 Å². The Kier molecular flexibility index (Phi) is 3.17. The van der Waals surface area contributed by atoms with Gasteiger partial charge in [0.15, 0.2) is 0 Å². The second kappa shape index (κ2) is 5.14. The molecule has 21 heavy (non-hydrogen) atoms. The second-order valence-electron chi connectivity index (χ2n) is 4.80. The van der Waals surface area contributed by atoms with Crippen molar-refractivity contribution in [2.24, 2.45) is 0 Å². The van der Waals surface area contributed by atoms with Gasteiger partial charge < -0.3 is 9.88 Å². The van der Waals surface area contributed by atoms with Gasteiger partial charge in [0.2, 0.25) is 0 Å². The summed E-state index contributed by atoms with van der Waals surface area (Å²) in [7, 11) is 1.72. The minimum absolute atomic E-state index is 0.0868. The summed E-state index contributed by atoms with van der Waals surface area (Å²) in [6, 6.07) is 16.6. The van der Waals surface area contributed by atoms with Gasteiger partial charge in [-0.2, -0.15) is 5.26 Å². The van der Waals surface area contributed by atoms with Gasteiger partial charge in [0, 0.05) is 30.0 Å². The summed E-state index contributed by atoms with van der Waals surface area (Å²) in [5.74, 6) is -0.0868. The van der Waals surface area contributed by atoms with Gasteiger partial charge >= 0.3 is 0 Å². The molecule has 0 aliphatic rings. The van der Waals surface area contributed by atoms with Crippen LogP contribution in [-0.4, -0.2) is 17.9 Å². The Morgan fingerprint density at radius 2 is 1.90 bits per heavy atom. The number of nitrogens with one attached hydrogen (secondary N) is 1. The molecule has 1 aromatic heterocycles. The number of rotatable bonds is 2. The molecule has 0 aliphatic heterocycles. The zero-order valence-corrected chi connectivity index (χ0v) is 11.5. The predicted molar refractivity (Wildman–Crippen MR) is 82.2 cm³/mol. The lowest BCUT2D eigenvalue weighted by atomic mass is 10.1. The predicted octanol–water partition coefficient (Wildman–Crippen LogP) is 3.32. The highest BCUT2D eigenvalue weighted by molar-refractivity contribution is 6.07. The third-order valence-corrected chi connectivity index (χ3v) is 3.49. The van der Waals surface area contributed by atoms with Gasteiger partial charge in [0.25, 0.3) is 5.91 Å². The molecule has 1 heterocycles. The van der Waals surface area contributed by atoms with Crippen LogP contribution < -0.4 is 4.90 Å². The lowest BCUT2D eigenvalue weighted by molar-refractivity contribution is 0.0993. The minimum Gasteiger partial charge on any atom is -0.361 e. The van der Waals surface area contributed by atoms with Crippen LogP contribution in [0.2, 0.25) is 0 Å². The van der Waals surface area contributed by atoms with Crippen molar-refractivity contribution in [1.82, 2.24) is 4.98 Å². The van der Waals surface area contributed by atoms with Gasteiger partial charge in [-0.15, -0.1) is 0 Å². The Bertz CT molecular complexity index is 840. The van der Waals surface area contributed by atoms with E-state index in [1.807, 2.05) is 30.5 Å². The van der Waals surface area contributed by atoms with Crippen molar-refractivity contribution in [2.75, 3.05) is 11.9 Å². The number of carbonyl (C=O) groups excluding carboxylic acids is 1. The van der Waals surface area contributed by atoms with E-state index in [1.165, 1.54) is 0 Å². The minimum atomic E-state index is -0.0868. The molecule has 4 heteroatoms. The van der Waals surface area contributed by atoms with Gasteiger partial charge in [-0.1, -0.05) is 6.07 Å². The highest BCUT2D eigenvalue weighted by atomic mass is 16.2. The molecular weight excluding hydrogens is 262 g/mol. The molecule has 2 aromatic carbocycles. The highest BCUT2D eigenvalue weighted by Gasteiger charge is 2.14. The molecular formula is C17H13N3O. The molecule has 0 unspecified atom stereocenters. The topological polar surface area (TPSA) is 59.9 Å². The average molecular weight is 275 g/mol. The van der Waals surface area contributed by atoms with Crippen molar-refractivity contribution >= 4 is 22.5 Å². The molecule has 0 atom stereocenters. The normalized spacial score (nSPS) is 10.3. The zero-order chi connectivity index (χ0) is 14.8. The number of aromatic amines is 1. The Balaban J connectivity index is 1.90. The largest absolute Gasteiger partial charge is 0.361 e. The van der Waals surface area contributed by atoms with E-state index in [0.717, 1.165) is 16.6 Å². The van der Waals surface area contributed by atoms with E-state index in [0.29, 0.717) is 11.1 Å². The molecule has 4 nitrogen and oxygen atoms in total. The lowest BCUT2D eigenvalue weighted by Crippen LogP contribution is -2.26. The van der Waals surface area contributed by atoms with Gasteiger partial charge in [0.05, 0.1) is 11.6 Å². The molecule has 0 fully saturated rings. The summed E-state index contributed by atoms with van der Waals surface area (Å²) in [6.07, 6.45) is 1.85. The van der Waals surface area contributed by atoms with Crippen LogP contribution in [0.3, 0.4) is 0 Å². The molecule has 0 bridgehead atoms. The van der Waals surface area contributed by atoms with E-state index in [2.05, 4.69) is 11.1 Å². The van der Waals surface area contributed by atoms with Crippen LogP contribution in [0.5, 0.6) is 0 Å². The Morgan fingerprint density at radius 1 is 1.14 bits per heavy atom. The first-order valence-electron chi connectivity index (χ1n) is 6.54. The third kappa shape index (κ3) is 2.37. The zero-order valence-electron chi connectivity index (χ0n) is 11.5. The van der Waals surface area contributed by atoms with Crippen molar-refractivity contribution in [3.63, 3.8) is 0 Å². The number of carbonyl (C=O) groups is 1. The van der Waals surface area contributed by atoms with Crippen molar-refractivity contribution < 1.29 is 4.79 Å². The number of hydrogen-bond acceptors (Lipinski definition) is 2. The fraction of sp³-hybridized carbons (Fsp3) is 0.0588. The van der Waals surface area contributed by atoms with E-state index in [-0.39, 0.29) is 5.91 Å². The van der Waals surface area contributed by atoms with Gasteiger partial charge in [0.1, 0.15) is 0 Å². The Labute approximate surface area is 122 Å². The van der Waals surface area contributed by atoms with Gasteiger partial charge in [-0.05, 0) is 47.9 Å². The molecule has 0 saturated carbocycles. The number of H-pyrrole nitrogens is 1. The Hall–Kier alpha value is -3.06. The number of nitriles is 1. The maximum absolute atomic E-state index is 12.5. The first-order chi connectivity index (χ1) is 10.2. The molecule has 1 N–H and O–H groups in total. The van der Waals surface area contributed by atoms with Crippen LogP contribution >= 0.6 is 0 Å². The summed E-state index contributed by atoms with van der Waals surface area (Å²) >= 11 is 0. The van der Waals surface area contributed by atoms with E-state index in [1.54, 1.807) is 36.2 Å². The monoisotopic (exact) mass is 275 g/mol. The quantitative estimate of drug-likeness (QED) is 0.780. The Morgan fingerprint density at radius 3 is 2.62 bits per heavy atom. The first-order valence-corrected chi connectivity index (χ1v) is 6.54. The van der Waals surface area contributed by atoms with Crippen molar-refractivity contribution in [3.8, 4) is 6.07 Å². The molecule has 1 amide bonds. The van der Waals surface area contributed by atoms with Gasteiger partial charge in [-0.25, -0.2) is 0 Å². The van der Waals surface area contributed by atoms with Crippen LogP contribution in [0.25, 0.3) is 10.9 Å². The van der Waals surface area contributed by atoms with E-state index in [4.69, 9.17) is 5.26 Å². The number of benzene rings is 2. The smallest absolute Gasteiger partial charge is 0.258 e. The number of fused-ring (bicyclic) bond motifs is 1. The van der Waals surface area contributed by atoms with Crippen LogP contribution in [0.4, 0.5) is 5.69 Å². The standard InChI is InChI=1S/C17H13N3O/c1-20(15-6-2-12(11-18)3-7-15)17(21)14-5-4-13-8-9-19-16(13)10-14/h2-10,19H,1H3. The molecule has 3 rings (SSSR count). The molecule has 0 spiro atoms. The van der Waals surface area contributed by atoms with Crippen LogP contribution in [-0.2, 0) is 0 Å². The fourth-order valence-corrected chi connectivity index (χ4v) is 2.25. The van der Waals surface area contributed by atoms with E-state index in [9.17, 15) is 4.79 Å². The first kappa shape index (κ1) is 12.9. The lowest BCUT2D eigenvalue weighted by Gasteiger charge is -2.17. The van der Waals surface area contributed by atoms with Gasteiger partial charge in [-0.3, -0.25) is 4.79 Å².